The zero-order chi connectivity index (χ0) is 25.4. The quantitative estimate of drug-likeness (QED) is 0.326. The first kappa shape index (κ1) is 23.9. The maximum Gasteiger partial charge on any atom is 0.232 e. The minimum Gasteiger partial charge on any atom is -0.488 e. The summed E-state index contributed by atoms with van der Waals surface area (Å²) < 4.78 is 30.3. The number of ether oxygens (including phenoxy) is 2. The molecule has 0 bridgehead atoms. The average Bonchev–Trinajstić information content (AvgIpc) is 3.36. The molecule has 0 unspecified atom stereocenters. The molecule has 0 saturated heterocycles. The van der Waals surface area contributed by atoms with Crippen LogP contribution in [0.4, 0.5) is 9.52 Å². The van der Waals surface area contributed by atoms with E-state index in [9.17, 15) is 9.18 Å². The van der Waals surface area contributed by atoms with Crippen molar-refractivity contribution >= 4 is 22.6 Å². The average molecular weight is 505 g/mol. The van der Waals surface area contributed by atoms with E-state index in [1.807, 2.05) is 64.1 Å². The Kier molecular flexibility index (Phi) is 6.17. The Morgan fingerprint density at radius 3 is 2.67 bits per heavy atom. The fourth-order valence-corrected chi connectivity index (χ4v) is 4.83. The molecule has 36 heavy (non-hydrogen) atoms. The summed E-state index contributed by atoms with van der Waals surface area (Å²) in [4.78, 5) is 22.2. The molecule has 0 aliphatic carbocycles. The molecule has 184 valence electrons. The Balaban J connectivity index is 1.54. The number of nitrogens with zero attached hydrogens (tertiary/aromatic N) is 3. The molecule has 2 aromatic heterocycles. The lowest BCUT2D eigenvalue weighted by molar-refractivity contribution is -0.124. The minimum atomic E-state index is -0.883. The third kappa shape index (κ3) is 4.42. The van der Waals surface area contributed by atoms with E-state index >= 15 is 0 Å². The maximum atomic E-state index is 14.7. The topological polar surface area (TPSA) is 86.2 Å². The van der Waals surface area contributed by atoms with Gasteiger partial charge in [0.2, 0.25) is 16.9 Å². The lowest BCUT2D eigenvalue weighted by Crippen LogP contribution is -2.38. The number of hydrogen-bond donors (Lipinski definition) is 1. The lowest BCUT2D eigenvalue weighted by Gasteiger charge is -2.37. The number of fused-ring (bicyclic) bond motifs is 2. The zero-order valence-electron chi connectivity index (χ0n) is 20.3. The number of anilines is 1. The summed E-state index contributed by atoms with van der Waals surface area (Å²) >= 11 is 1.12. The molecule has 4 aromatic rings. The number of para-hydroxylation sites is 1. The van der Waals surface area contributed by atoms with Crippen molar-refractivity contribution < 1.29 is 18.7 Å². The van der Waals surface area contributed by atoms with Crippen molar-refractivity contribution in [3.8, 4) is 28.6 Å². The van der Waals surface area contributed by atoms with E-state index in [2.05, 4.69) is 14.7 Å². The Morgan fingerprint density at radius 1 is 1.14 bits per heavy atom. The smallest absolute Gasteiger partial charge is 0.232 e. The number of rotatable bonds is 6. The van der Waals surface area contributed by atoms with Crippen LogP contribution in [0.15, 0.2) is 60.9 Å². The van der Waals surface area contributed by atoms with Crippen LogP contribution in [0.1, 0.15) is 44.7 Å². The van der Waals surface area contributed by atoms with E-state index in [1.54, 1.807) is 12.1 Å². The van der Waals surface area contributed by atoms with Crippen LogP contribution in [0.25, 0.3) is 11.3 Å². The summed E-state index contributed by atoms with van der Waals surface area (Å²) in [5.74, 6) is 0.211. The number of benzene rings is 2. The molecule has 2 aromatic carbocycles. The van der Waals surface area contributed by atoms with Crippen molar-refractivity contribution in [2.75, 3.05) is 5.32 Å². The van der Waals surface area contributed by atoms with Gasteiger partial charge in [-0.25, -0.2) is 14.4 Å². The molecule has 0 radical (unpaired) electrons. The van der Waals surface area contributed by atoms with Crippen LogP contribution in [-0.4, -0.2) is 26.4 Å². The fraction of sp³-hybridized carbons (Fsp3) is 0.259. The fourth-order valence-electron chi connectivity index (χ4n) is 4.40. The molecular weight excluding hydrogens is 479 g/mol. The molecule has 0 fully saturated rings. The number of aromatic nitrogens is 3. The highest BCUT2D eigenvalue weighted by Crippen LogP contribution is 2.52. The summed E-state index contributed by atoms with van der Waals surface area (Å²) in [5.41, 5.74) is 1.93. The summed E-state index contributed by atoms with van der Waals surface area (Å²) in [7, 11) is 0. The van der Waals surface area contributed by atoms with Gasteiger partial charge >= 0.3 is 0 Å². The van der Waals surface area contributed by atoms with E-state index in [4.69, 9.17) is 14.5 Å². The third-order valence-corrected chi connectivity index (χ3v) is 6.70. The first-order valence-corrected chi connectivity index (χ1v) is 12.3. The van der Waals surface area contributed by atoms with Crippen LogP contribution >= 0.6 is 11.5 Å². The van der Waals surface area contributed by atoms with Gasteiger partial charge in [-0.15, -0.1) is 0 Å². The van der Waals surface area contributed by atoms with E-state index < -0.39 is 11.2 Å². The summed E-state index contributed by atoms with van der Waals surface area (Å²) in [6.45, 7) is 7.46. The molecule has 1 aliphatic rings. The number of nitrogens with one attached hydrogen (secondary N) is 1. The first-order valence-electron chi connectivity index (χ1n) is 11.6. The molecule has 0 spiro atoms. The van der Waals surface area contributed by atoms with Crippen molar-refractivity contribution in [1.29, 1.82) is 0 Å². The first-order chi connectivity index (χ1) is 17.2. The Bertz CT molecular complexity index is 1420. The van der Waals surface area contributed by atoms with Gasteiger partial charge < -0.3 is 14.8 Å². The molecule has 1 aliphatic heterocycles. The van der Waals surface area contributed by atoms with Crippen LogP contribution < -0.4 is 14.8 Å². The monoisotopic (exact) mass is 504 g/mol. The number of pyridine rings is 1. The zero-order valence-corrected chi connectivity index (χ0v) is 21.1. The SMILES string of the molecule is CC(C)Oc1ccc(-c2ccc3c(n2)Oc2ccccc2[C@@H]3C(C)(C)C(=O)Nc2ncns2)cc1F. The molecule has 1 N–H and O–H groups in total. The third-order valence-electron chi connectivity index (χ3n) is 6.12. The van der Waals surface area contributed by atoms with Gasteiger partial charge in [0.25, 0.3) is 0 Å². The van der Waals surface area contributed by atoms with Gasteiger partial charge in [-0.3, -0.25) is 4.79 Å². The number of carbonyl (C=O) groups is 1. The Labute approximate surface area is 212 Å². The summed E-state index contributed by atoms with van der Waals surface area (Å²) in [6, 6.07) is 16.1. The van der Waals surface area contributed by atoms with E-state index in [0.29, 0.717) is 28.0 Å². The largest absolute Gasteiger partial charge is 0.488 e. The molecule has 1 amide bonds. The van der Waals surface area contributed by atoms with Crippen molar-refractivity contribution in [2.45, 2.75) is 39.7 Å². The second kappa shape index (κ2) is 9.31. The van der Waals surface area contributed by atoms with E-state index in [-0.39, 0.29) is 23.7 Å². The Hall–Kier alpha value is -3.85. The van der Waals surface area contributed by atoms with Crippen LogP contribution in [0, 0.1) is 11.2 Å². The molecule has 3 heterocycles. The number of halogens is 1. The predicted molar refractivity (Wildman–Crippen MR) is 136 cm³/mol. The summed E-state index contributed by atoms with van der Waals surface area (Å²) in [6.07, 6.45) is 1.27. The van der Waals surface area contributed by atoms with Crippen LogP contribution in [0.3, 0.4) is 0 Å². The number of carbonyl (C=O) groups excluding carboxylic acids is 1. The Morgan fingerprint density at radius 2 is 1.94 bits per heavy atom. The van der Waals surface area contributed by atoms with Crippen LogP contribution in [0.2, 0.25) is 0 Å². The number of amides is 1. The second-order valence-corrected chi connectivity index (χ2v) is 10.2. The van der Waals surface area contributed by atoms with Gasteiger partial charge in [-0.05, 0) is 44.2 Å². The molecule has 1 atom stereocenters. The highest BCUT2D eigenvalue weighted by molar-refractivity contribution is 7.09. The van der Waals surface area contributed by atoms with Crippen LogP contribution in [-0.2, 0) is 4.79 Å². The van der Waals surface area contributed by atoms with E-state index in [1.165, 1.54) is 12.4 Å². The van der Waals surface area contributed by atoms with Gasteiger partial charge in [0.15, 0.2) is 11.6 Å². The van der Waals surface area contributed by atoms with Gasteiger partial charge in [0, 0.05) is 34.1 Å². The molecule has 0 saturated carbocycles. The van der Waals surface area contributed by atoms with Crippen molar-refractivity contribution in [3.05, 3.63) is 77.9 Å². The van der Waals surface area contributed by atoms with Gasteiger partial charge in [0.05, 0.1) is 17.2 Å². The van der Waals surface area contributed by atoms with E-state index in [0.717, 1.165) is 22.7 Å². The standard InChI is InChI=1S/C27H25FN4O3S/c1-15(2)34-22-12-9-16(13-19(22)28)20-11-10-18-23(17-7-5-6-8-21(17)35-24(18)31-20)27(3,4)25(33)32-26-29-14-30-36-26/h5-15,23H,1-4H3,(H,29,30,32,33)/t23-/m0/s1. The van der Waals surface area contributed by atoms with Crippen molar-refractivity contribution in [3.63, 3.8) is 0 Å². The van der Waals surface area contributed by atoms with Gasteiger partial charge in [-0.2, -0.15) is 4.37 Å². The summed E-state index contributed by atoms with van der Waals surface area (Å²) in [5, 5.41) is 3.31. The molecule has 9 heteroatoms. The van der Waals surface area contributed by atoms with Crippen LogP contribution in [0.5, 0.6) is 17.4 Å². The number of hydrogen-bond acceptors (Lipinski definition) is 7. The van der Waals surface area contributed by atoms with Gasteiger partial charge in [0.1, 0.15) is 12.1 Å². The minimum absolute atomic E-state index is 0.134. The van der Waals surface area contributed by atoms with Crippen molar-refractivity contribution in [1.82, 2.24) is 14.3 Å². The second-order valence-electron chi connectivity index (χ2n) is 9.40. The van der Waals surface area contributed by atoms with Crippen molar-refractivity contribution in [2.24, 2.45) is 5.41 Å². The predicted octanol–water partition coefficient (Wildman–Crippen LogP) is 6.43. The normalized spacial score (nSPS) is 14.6. The molecule has 5 rings (SSSR count). The highest BCUT2D eigenvalue weighted by Gasteiger charge is 2.44. The highest BCUT2D eigenvalue weighted by atomic mass is 32.1. The lowest BCUT2D eigenvalue weighted by atomic mass is 9.69. The molecule has 7 nitrogen and oxygen atoms in total. The maximum absolute atomic E-state index is 14.7. The molecular formula is C27H25FN4O3S. The van der Waals surface area contributed by atoms with Gasteiger partial charge in [-0.1, -0.05) is 38.1 Å².